The molecule has 4 rings (SSSR count). The molecular weight excluding hydrogens is 423 g/mol. The molecule has 1 heterocycles. The van der Waals surface area contributed by atoms with E-state index in [0.717, 1.165) is 23.4 Å². The van der Waals surface area contributed by atoms with Crippen molar-refractivity contribution in [2.75, 3.05) is 17.7 Å². The molecule has 0 fully saturated rings. The zero-order chi connectivity index (χ0) is 21.6. The van der Waals surface area contributed by atoms with Gasteiger partial charge in [-0.1, -0.05) is 43.1 Å². The molecule has 156 valence electrons. The van der Waals surface area contributed by atoms with Crippen LogP contribution in [0.5, 0.6) is 0 Å². The molecule has 0 aromatic heterocycles. The van der Waals surface area contributed by atoms with E-state index in [2.05, 4.69) is 24.5 Å². The quantitative estimate of drug-likeness (QED) is 0.555. The van der Waals surface area contributed by atoms with E-state index in [1.807, 2.05) is 12.1 Å². The first kappa shape index (κ1) is 20.8. The lowest BCUT2D eigenvalue weighted by Crippen LogP contribution is -2.31. The largest absolute Gasteiger partial charge is 0.465 e. The molecular formula is C23H22Cl2N2O3. The van der Waals surface area contributed by atoms with Gasteiger partial charge in [-0.3, -0.25) is 4.79 Å². The number of rotatable bonds is 2. The lowest BCUT2D eigenvalue weighted by molar-refractivity contribution is -0.118. The Bertz CT molecular complexity index is 1090. The van der Waals surface area contributed by atoms with Crippen molar-refractivity contribution < 1.29 is 14.3 Å². The number of ether oxygens (including phenoxy) is 1. The summed E-state index contributed by atoms with van der Waals surface area (Å²) in [6.07, 6.45) is 1.16. The van der Waals surface area contributed by atoms with Crippen LogP contribution in [0.1, 0.15) is 48.7 Å². The molecule has 5 nitrogen and oxygen atoms in total. The fourth-order valence-electron chi connectivity index (χ4n) is 4.16. The first-order valence-electron chi connectivity index (χ1n) is 9.65. The predicted octanol–water partition coefficient (Wildman–Crippen LogP) is 6.00. The van der Waals surface area contributed by atoms with Gasteiger partial charge in [0.05, 0.1) is 30.1 Å². The van der Waals surface area contributed by atoms with E-state index >= 15 is 0 Å². The minimum absolute atomic E-state index is 0.0678. The van der Waals surface area contributed by atoms with E-state index < -0.39 is 12.0 Å². The number of carbonyl (C=O) groups excluding carboxylic acids is 2. The number of benzene rings is 2. The Balaban J connectivity index is 1.89. The second kappa shape index (κ2) is 7.64. The second-order valence-electron chi connectivity index (χ2n) is 8.45. The number of hydrogen-bond donors (Lipinski definition) is 2. The Morgan fingerprint density at radius 1 is 1.10 bits per heavy atom. The van der Waals surface area contributed by atoms with Gasteiger partial charge in [-0.25, -0.2) is 4.79 Å². The highest BCUT2D eigenvalue weighted by Gasteiger charge is 2.39. The van der Waals surface area contributed by atoms with Crippen LogP contribution in [0.15, 0.2) is 47.7 Å². The Labute approximate surface area is 185 Å². The Hall–Kier alpha value is -2.50. The number of methoxy groups -OCH3 is 1. The van der Waals surface area contributed by atoms with E-state index in [-0.39, 0.29) is 11.2 Å². The number of ketones is 1. The van der Waals surface area contributed by atoms with Crippen molar-refractivity contribution in [2.45, 2.75) is 32.7 Å². The van der Waals surface area contributed by atoms with Crippen molar-refractivity contribution in [3.05, 3.63) is 68.8 Å². The third-order valence-corrected chi connectivity index (χ3v) is 6.07. The fraction of sp³-hybridized carbons (Fsp3) is 0.304. The first-order valence-corrected chi connectivity index (χ1v) is 10.4. The maximum atomic E-state index is 13.3. The van der Waals surface area contributed by atoms with Crippen molar-refractivity contribution in [1.82, 2.24) is 0 Å². The van der Waals surface area contributed by atoms with Crippen molar-refractivity contribution in [2.24, 2.45) is 5.41 Å². The molecule has 0 bridgehead atoms. The molecule has 1 atom stereocenters. The molecule has 1 unspecified atom stereocenters. The van der Waals surface area contributed by atoms with Gasteiger partial charge < -0.3 is 15.4 Å². The number of hydrogen-bond acceptors (Lipinski definition) is 5. The molecule has 0 spiro atoms. The highest BCUT2D eigenvalue weighted by Crippen LogP contribution is 2.46. The summed E-state index contributed by atoms with van der Waals surface area (Å²) in [5.41, 5.74) is 4.01. The molecule has 1 aliphatic carbocycles. The topological polar surface area (TPSA) is 67.4 Å². The summed E-state index contributed by atoms with van der Waals surface area (Å²) in [5.74, 6) is -0.363. The lowest BCUT2D eigenvalue weighted by Gasteiger charge is -2.34. The minimum atomic E-state index is -0.477. The van der Waals surface area contributed by atoms with Crippen molar-refractivity contribution >= 4 is 46.3 Å². The van der Waals surface area contributed by atoms with Crippen molar-refractivity contribution in [3.63, 3.8) is 0 Å². The molecule has 0 saturated carbocycles. The average molecular weight is 445 g/mol. The van der Waals surface area contributed by atoms with E-state index in [9.17, 15) is 9.59 Å². The molecule has 1 aliphatic heterocycles. The van der Waals surface area contributed by atoms with Crippen LogP contribution < -0.4 is 10.6 Å². The lowest BCUT2D eigenvalue weighted by atomic mass is 9.73. The summed E-state index contributed by atoms with van der Waals surface area (Å²) < 4.78 is 4.85. The van der Waals surface area contributed by atoms with Crippen molar-refractivity contribution in [3.8, 4) is 0 Å². The van der Waals surface area contributed by atoms with Crippen LogP contribution in [0.2, 0.25) is 10.0 Å². The fourth-order valence-corrected chi connectivity index (χ4v) is 4.68. The molecule has 0 saturated heterocycles. The van der Waals surface area contributed by atoms with Crippen LogP contribution in [-0.4, -0.2) is 18.9 Å². The molecule has 2 aromatic carbocycles. The molecule has 0 amide bonds. The third-order valence-electron chi connectivity index (χ3n) is 5.51. The zero-order valence-corrected chi connectivity index (χ0v) is 18.4. The summed E-state index contributed by atoms with van der Waals surface area (Å²) in [4.78, 5) is 25.3. The third kappa shape index (κ3) is 3.80. The van der Waals surface area contributed by atoms with Gasteiger partial charge in [0.15, 0.2) is 5.78 Å². The van der Waals surface area contributed by atoms with Gasteiger partial charge in [-0.2, -0.15) is 0 Å². The van der Waals surface area contributed by atoms with E-state index in [4.69, 9.17) is 27.9 Å². The predicted molar refractivity (Wildman–Crippen MR) is 119 cm³/mol. The normalized spacial score (nSPS) is 19.8. The summed E-state index contributed by atoms with van der Waals surface area (Å²) in [5, 5.41) is 7.86. The van der Waals surface area contributed by atoms with Gasteiger partial charge in [0.1, 0.15) is 0 Å². The van der Waals surface area contributed by atoms with E-state index in [1.165, 1.54) is 7.11 Å². The van der Waals surface area contributed by atoms with Crippen LogP contribution in [0.3, 0.4) is 0 Å². The van der Waals surface area contributed by atoms with Crippen molar-refractivity contribution in [1.29, 1.82) is 0 Å². The second-order valence-corrected chi connectivity index (χ2v) is 9.30. The summed E-state index contributed by atoms with van der Waals surface area (Å²) >= 11 is 12.6. The number of allylic oxidation sites excluding steroid dienone is 1. The average Bonchev–Trinajstić information content (AvgIpc) is 2.82. The van der Waals surface area contributed by atoms with Gasteiger partial charge in [0.25, 0.3) is 0 Å². The van der Waals surface area contributed by atoms with Crippen LogP contribution in [-0.2, 0) is 9.53 Å². The maximum Gasteiger partial charge on any atom is 0.337 e. The Morgan fingerprint density at radius 3 is 2.57 bits per heavy atom. The highest BCUT2D eigenvalue weighted by molar-refractivity contribution is 6.35. The number of anilines is 2. The molecule has 2 N–H and O–H groups in total. The standard InChI is InChI=1S/C23H22Cl2N2O3/c1-23(2)10-18-20(19(28)11-23)21(14-6-5-13(24)9-15(14)25)27-17-8-12(22(29)30-3)4-7-16(17)26-18/h4-9,21,26-27H,10-11H2,1-3H3. The van der Waals surface area contributed by atoms with Gasteiger partial charge >= 0.3 is 5.97 Å². The van der Waals surface area contributed by atoms with Gasteiger partial charge in [0, 0.05) is 27.7 Å². The molecule has 2 aromatic rings. The molecule has 7 heteroatoms. The van der Waals surface area contributed by atoms with Gasteiger partial charge in [0.2, 0.25) is 0 Å². The Kier molecular flexibility index (Phi) is 5.28. The smallest absolute Gasteiger partial charge is 0.337 e. The number of fused-ring (bicyclic) bond motifs is 1. The minimum Gasteiger partial charge on any atom is -0.465 e. The van der Waals surface area contributed by atoms with Gasteiger partial charge in [-0.15, -0.1) is 0 Å². The number of halogens is 2. The van der Waals surface area contributed by atoms with Crippen LogP contribution in [0.25, 0.3) is 0 Å². The monoisotopic (exact) mass is 444 g/mol. The number of esters is 1. The molecule has 2 aliphatic rings. The van der Waals surface area contributed by atoms with Gasteiger partial charge in [-0.05, 0) is 47.7 Å². The Morgan fingerprint density at radius 2 is 1.87 bits per heavy atom. The maximum absolute atomic E-state index is 13.3. The van der Waals surface area contributed by atoms with Crippen LogP contribution >= 0.6 is 23.2 Å². The summed E-state index contributed by atoms with van der Waals surface area (Å²) in [7, 11) is 1.34. The zero-order valence-electron chi connectivity index (χ0n) is 16.9. The van der Waals surface area contributed by atoms with Crippen LogP contribution in [0, 0.1) is 5.41 Å². The highest BCUT2D eigenvalue weighted by atomic mass is 35.5. The molecule has 0 radical (unpaired) electrons. The number of nitrogens with one attached hydrogen (secondary N) is 2. The SMILES string of the molecule is COC(=O)c1ccc2c(c1)NC(c1ccc(Cl)cc1Cl)C1=C(CC(C)(C)CC1=O)N2. The number of carbonyl (C=O) groups is 2. The van der Waals surface area contributed by atoms with E-state index in [1.54, 1.807) is 24.3 Å². The summed E-state index contributed by atoms with van der Waals surface area (Å²) in [6, 6.07) is 10.0. The van der Waals surface area contributed by atoms with E-state index in [0.29, 0.717) is 33.3 Å². The van der Waals surface area contributed by atoms with Crippen LogP contribution in [0.4, 0.5) is 11.4 Å². The molecule has 30 heavy (non-hydrogen) atoms. The summed E-state index contributed by atoms with van der Waals surface area (Å²) in [6.45, 7) is 4.17. The first-order chi connectivity index (χ1) is 14.2. The number of Topliss-reactive ketones (excluding diaryl/α,β-unsaturated/α-hetero) is 1.